The van der Waals surface area contributed by atoms with E-state index in [1.54, 1.807) is 37.3 Å². The van der Waals surface area contributed by atoms with Gasteiger partial charge < -0.3 is 14.3 Å². The molecule has 2 aromatic rings. The van der Waals surface area contributed by atoms with E-state index in [1.807, 2.05) is 0 Å². The first kappa shape index (κ1) is 13.5. The maximum Gasteiger partial charge on any atom is 0.150 e. The molecule has 2 rings (SSSR count). The molecule has 2 unspecified atom stereocenters. The third-order valence-corrected chi connectivity index (χ3v) is 3.37. The van der Waals surface area contributed by atoms with Crippen molar-refractivity contribution in [1.29, 1.82) is 0 Å². The van der Waals surface area contributed by atoms with Gasteiger partial charge in [0, 0.05) is 5.02 Å². The van der Waals surface area contributed by atoms with Crippen molar-refractivity contribution in [2.24, 2.45) is 0 Å². The molecule has 5 heteroatoms. The Kier molecular flexibility index (Phi) is 4.32. The lowest BCUT2D eigenvalue weighted by molar-refractivity contribution is 0.0314. The fraction of sp³-hybridized carbons (Fsp3) is 0.231. The van der Waals surface area contributed by atoms with Crippen molar-refractivity contribution < 1.29 is 14.3 Å². The molecule has 0 spiro atoms. The zero-order valence-electron chi connectivity index (χ0n) is 9.64. The number of hydrogen-bond donors (Lipinski definition) is 1. The summed E-state index contributed by atoms with van der Waals surface area (Å²) in [6, 6.07) is 8.76. The SMILES string of the molecule is CC(Oc1cccc(Cl)c1)C(O)c1occc1Br. The summed E-state index contributed by atoms with van der Waals surface area (Å²) in [7, 11) is 0. The zero-order chi connectivity index (χ0) is 13.1. The van der Waals surface area contributed by atoms with E-state index in [1.165, 1.54) is 6.26 Å². The Morgan fingerprint density at radius 1 is 1.39 bits per heavy atom. The molecule has 96 valence electrons. The molecule has 0 fully saturated rings. The number of halogens is 2. The Morgan fingerprint density at radius 3 is 2.78 bits per heavy atom. The van der Waals surface area contributed by atoms with E-state index in [9.17, 15) is 5.11 Å². The Balaban J connectivity index is 2.08. The number of aliphatic hydroxyl groups excluding tert-OH is 1. The van der Waals surface area contributed by atoms with Crippen LogP contribution in [0.15, 0.2) is 45.5 Å². The summed E-state index contributed by atoms with van der Waals surface area (Å²) in [5.41, 5.74) is 0. The molecule has 0 amide bonds. The topological polar surface area (TPSA) is 42.6 Å². The Morgan fingerprint density at radius 2 is 2.17 bits per heavy atom. The standard InChI is InChI=1S/C13H12BrClO3/c1-8(12(16)13-11(14)5-6-17-13)18-10-4-2-3-9(15)7-10/h2-8,12,16H,1H3. The van der Waals surface area contributed by atoms with Crippen molar-refractivity contribution in [2.45, 2.75) is 19.1 Å². The van der Waals surface area contributed by atoms with Crippen LogP contribution in [-0.2, 0) is 0 Å². The van der Waals surface area contributed by atoms with E-state index in [-0.39, 0.29) is 0 Å². The van der Waals surface area contributed by atoms with Crippen LogP contribution >= 0.6 is 27.5 Å². The summed E-state index contributed by atoms with van der Waals surface area (Å²) in [5, 5.41) is 10.7. The summed E-state index contributed by atoms with van der Waals surface area (Å²) in [5.74, 6) is 1.06. The van der Waals surface area contributed by atoms with Gasteiger partial charge >= 0.3 is 0 Å². The largest absolute Gasteiger partial charge is 0.487 e. The lowest BCUT2D eigenvalue weighted by Gasteiger charge is -2.19. The van der Waals surface area contributed by atoms with E-state index in [0.29, 0.717) is 16.5 Å². The van der Waals surface area contributed by atoms with Crippen molar-refractivity contribution in [2.75, 3.05) is 0 Å². The molecule has 0 aliphatic heterocycles. The fourth-order valence-corrected chi connectivity index (χ4v) is 2.17. The molecule has 1 aromatic heterocycles. The number of benzene rings is 1. The third kappa shape index (κ3) is 3.07. The van der Waals surface area contributed by atoms with Crippen LogP contribution in [0.3, 0.4) is 0 Å². The highest BCUT2D eigenvalue weighted by molar-refractivity contribution is 9.10. The Bertz CT molecular complexity index is 526. The van der Waals surface area contributed by atoms with Gasteiger partial charge in [0.25, 0.3) is 0 Å². The van der Waals surface area contributed by atoms with Crippen molar-refractivity contribution in [3.8, 4) is 5.75 Å². The first-order valence-electron chi connectivity index (χ1n) is 5.41. The first-order chi connectivity index (χ1) is 8.58. The van der Waals surface area contributed by atoms with E-state index in [4.69, 9.17) is 20.8 Å². The summed E-state index contributed by atoms with van der Waals surface area (Å²) in [6.07, 6.45) is 0.202. The summed E-state index contributed by atoms with van der Waals surface area (Å²) < 4.78 is 11.5. The number of furan rings is 1. The van der Waals surface area contributed by atoms with Crippen LogP contribution in [-0.4, -0.2) is 11.2 Å². The van der Waals surface area contributed by atoms with Gasteiger partial charge in [-0.05, 0) is 47.1 Å². The number of aliphatic hydroxyl groups is 1. The first-order valence-corrected chi connectivity index (χ1v) is 6.58. The maximum atomic E-state index is 10.1. The maximum absolute atomic E-state index is 10.1. The van der Waals surface area contributed by atoms with Gasteiger partial charge in [0.15, 0.2) is 0 Å². The number of hydrogen-bond acceptors (Lipinski definition) is 3. The van der Waals surface area contributed by atoms with Gasteiger partial charge in [0.1, 0.15) is 23.7 Å². The quantitative estimate of drug-likeness (QED) is 0.913. The molecule has 0 saturated carbocycles. The minimum atomic E-state index is -0.853. The van der Waals surface area contributed by atoms with Crippen molar-refractivity contribution >= 4 is 27.5 Å². The highest BCUT2D eigenvalue weighted by Gasteiger charge is 2.23. The Labute approximate surface area is 118 Å². The summed E-state index contributed by atoms with van der Waals surface area (Å²) >= 11 is 9.17. The molecular formula is C13H12BrClO3. The zero-order valence-corrected chi connectivity index (χ0v) is 12.0. The van der Waals surface area contributed by atoms with E-state index in [2.05, 4.69) is 15.9 Å². The molecule has 3 nitrogen and oxygen atoms in total. The second-order valence-electron chi connectivity index (χ2n) is 3.86. The van der Waals surface area contributed by atoms with E-state index >= 15 is 0 Å². The molecule has 1 heterocycles. The molecule has 1 N–H and O–H groups in total. The monoisotopic (exact) mass is 330 g/mol. The number of ether oxygens (including phenoxy) is 1. The van der Waals surface area contributed by atoms with E-state index < -0.39 is 12.2 Å². The molecule has 0 radical (unpaired) electrons. The highest BCUT2D eigenvalue weighted by Crippen LogP contribution is 2.29. The smallest absolute Gasteiger partial charge is 0.150 e. The molecule has 0 saturated heterocycles. The van der Waals surface area contributed by atoms with Crippen LogP contribution in [0.2, 0.25) is 5.02 Å². The van der Waals surface area contributed by atoms with E-state index in [0.717, 1.165) is 4.47 Å². The minimum absolute atomic E-state index is 0.449. The molecular weight excluding hydrogens is 319 g/mol. The van der Waals surface area contributed by atoms with Crippen LogP contribution in [0.5, 0.6) is 5.75 Å². The minimum Gasteiger partial charge on any atom is -0.487 e. The van der Waals surface area contributed by atoms with Gasteiger partial charge in [-0.2, -0.15) is 0 Å². The Hall–Kier alpha value is -0.970. The van der Waals surface area contributed by atoms with Crippen LogP contribution < -0.4 is 4.74 Å². The average molecular weight is 332 g/mol. The van der Waals surface area contributed by atoms with Gasteiger partial charge in [0.05, 0.1) is 10.7 Å². The molecule has 0 aliphatic rings. The van der Waals surface area contributed by atoms with Crippen molar-refractivity contribution in [3.05, 3.63) is 51.9 Å². The predicted molar refractivity (Wildman–Crippen MR) is 72.9 cm³/mol. The van der Waals surface area contributed by atoms with Gasteiger partial charge in [-0.3, -0.25) is 0 Å². The molecule has 2 atom stereocenters. The summed E-state index contributed by atoms with van der Waals surface area (Å²) in [4.78, 5) is 0. The number of rotatable bonds is 4. The third-order valence-electron chi connectivity index (χ3n) is 2.48. The van der Waals surface area contributed by atoms with Crippen LogP contribution in [0.25, 0.3) is 0 Å². The molecule has 1 aromatic carbocycles. The molecule has 18 heavy (non-hydrogen) atoms. The average Bonchev–Trinajstić information content (AvgIpc) is 2.74. The van der Waals surface area contributed by atoms with Crippen LogP contribution in [0.4, 0.5) is 0 Å². The normalized spacial score (nSPS) is 14.2. The van der Waals surface area contributed by atoms with Crippen molar-refractivity contribution in [1.82, 2.24) is 0 Å². The fourth-order valence-electron chi connectivity index (χ4n) is 1.55. The second-order valence-corrected chi connectivity index (χ2v) is 5.15. The van der Waals surface area contributed by atoms with Crippen molar-refractivity contribution in [3.63, 3.8) is 0 Å². The van der Waals surface area contributed by atoms with Gasteiger partial charge in [0.2, 0.25) is 0 Å². The molecule has 0 bridgehead atoms. The van der Waals surface area contributed by atoms with Gasteiger partial charge in [-0.25, -0.2) is 0 Å². The summed E-state index contributed by atoms with van der Waals surface area (Å²) in [6.45, 7) is 1.76. The lowest BCUT2D eigenvalue weighted by Crippen LogP contribution is -2.21. The predicted octanol–water partition coefficient (Wildman–Crippen LogP) is 4.20. The second kappa shape index (κ2) is 5.78. The highest BCUT2D eigenvalue weighted by atomic mass is 79.9. The van der Waals surface area contributed by atoms with Crippen LogP contribution in [0, 0.1) is 0 Å². The molecule has 0 aliphatic carbocycles. The van der Waals surface area contributed by atoms with Crippen LogP contribution in [0.1, 0.15) is 18.8 Å². The lowest BCUT2D eigenvalue weighted by atomic mass is 10.2. The van der Waals surface area contributed by atoms with Gasteiger partial charge in [-0.15, -0.1) is 0 Å². The van der Waals surface area contributed by atoms with Gasteiger partial charge in [-0.1, -0.05) is 17.7 Å².